The first-order valence-electron chi connectivity index (χ1n) is 8.12. The van der Waals surface area contributed by atoms with Gasteiger partial charge in [0.2, 0.25) is 0 Å². The third-order valence-corrected chi connectivity index (χ3v) is 5.16. The zero-order valence-corrected chi connectivity index (χ0v) is 12.3. The predicted molar refractivity (Wildman–Crippen MR) is 76.9 cm³/mol. The van der Waals surface area contributed by atoms with Crippen LogP contribution in [0.5, 0.6) is 0 Å². The quantitative estimate of drug-likeness (QED) is 0.725. The van der Waals surface area contributed by atoms with E-state index in [4.69, 9.17) is 4.74 Å². The van der Waals surface area contributed by atoms with Gasteiger partial charge in [-0.05, 0) is 39.2 Å². The molecular formula is C16H31NO. The second kappa shape index (κ2) is 6.91. The van der Waals surface area contributed by atoms with Gasteiger partial charge < -0.3 is 10.1 Å². The summed E-state index contributed by atoms with van der Waals surface area (Å²) in [6.45, 7) is 3.02. The summed E-state index contributed by atoms with van der Waals surface area (Å²) in [7, 11) is 2.13. The summed E-state index contributed by atoms with van der Waals surface area (Å²) in [5.41, 5.74) is 0.135. The van der Waals surface area contributed by atoms with Crippen molar-refractivity contribution >= 4 is 0 Å². The molecule has 106 valence electrons. The summed E-state index contributed by atoms with van der Waals surface area (Å²) in [6, 6.07) is 0.570. The largest absolute Gasteiger partial charge is 0.374 e. The van der Waals surface area contributed by atoms with E-state index in [9.17, 15) is 0 Å². The summed E-state index contributed by atoms with van der Waals surface area (Å²) in [5, 5.41) is 3.60. The van der Waals surface area contributed by atoms with Crippen LogP contribution in [-0.2, 0) is 4.74 Å². The van der Waals surface area contributed by atoms with Crippen LogP contribution in [0.25, 0.3) is 0 Å². The molecule has 0 aromatic heterocycles. The average Bonchev–Trinajstić information content (AvgIpc) is 2.55. The molecule has 0 aromatic carbocycles. The van der Waals surface area contributed by atoms with Crippen LogP contribution in [0, 0.1) is 5.92 Å². The van der Waals surface area contributed by atoms with E-state index >= 15 is 0 Å². The molecule has 1 N–H and O–H groups in total. The average molecular weight is 253 g/mol. The molecule has 1 atom stereocenters. The van der Waals surface area contributed by atoms with Crippen LogP contribution in [0.4, 0.5) is 0 Å². The fourth-order valence-electron chi connectivity index (χ4n) is 3.87. The van der Waals surface area contributed by atoms with Crippen LogP contribution in [0.1, 0.15) is 71.1 Å². The molecule has 2 saturated carbocycles. The van der Waals surface area contributed by atoms with E-state index in [1.165, 1.54) is 64.2 Å². The van der Waals surface area contributed by atoms with E-state index in [0.29, 0.717) is 6.04 Å². The highest BCUT2D eigenvalue weighted by Crippen LogP contribution is 2.39. The first kappa shape index (κ1) is 14.3. The summed E-state index contributed by atoms with van der Waals surface area (Å²) >= 11 is 0. The fraction of sp³-hybridized carbons (Fsp3) is 1.00. The molecular weight excluding hydrogens is 222 g/mol. The monoisotopic (exact) mass is 253 g/mol. The van der Waals surface area contributed by atoms with Gasteiger partial charge in [0.05, 0.1) is 5.60 Å². The normalized spacial score (nSPS) is 26.3. The Morgan fingerprint density at radius 1 is 1.11 bits per heavy atom. The minimum absolute atomic E-state index is 0.135. The standard InChI is InChI=1S/C16H31NO/c1-3-18-16(11-6-4-5-7-12-16)15(17-2)13-14-9-8-10-14/h14-15,17H,3-13H2,1-2H3. The molecule has 2 heteroatoms. The summed E-state index contributed by atoms with van der Waals surface area (Å²) < 4.78 is 6.31. The first-order chi connectivity index (χ1) is 8.80. The van der Waals surface area contributed by atoms with Crippen molar-refractivity contribution in [3.05, 3.63) is 0 Å². The highest BCUT2D eigenvalue weighted by molar-refractivity contribution is 4.96. The molecule has 0 aromatic rings. The van der Waals surface area contributed by atoms with Crippen molar-refractivity contribution in [3.8, 4) is 0 Å². The highest BCUT2D eigenvalue weighted by Gasteiger charge is 2.40. The van der Waals surface area contributed by atoms with Crippen molar-refractivity contribution < 1.29 is 4.74 Å². The highest BCUT2D eigenvalue weighted by atomic mass is 16.5. The lowest BCUT2D eigenvalue weighted by atomic mass is 9.75. The van der Waals surface area contributed by atoms with Gasteiger partial charge in [-0.25, -0.2) is 0 Å². The first-order valence-corrected chi connectivity index (χ1v) is 8.12. The van der Waals surface area contributed by atoms with Crippen LogP contribution < -0.4 is 5.32 Å². The van der Waals surface area contributed by atoms with Crippen molar-refractivity contribution in [3.63, 3.8) is 0 Å². The van der Waals surface area contributed by atoms with Crippen LogP contribution in [0.3, 0.4) is 0 Å². The lowest BCUT2D eigenvalue weighted by Gasteiger charge is -2.43. The van der Waals surface area contributed by atoms with Crippen LogP contribution in [0.15, 0.2) is 0 Å². The van der Waals surface area contributed by atoms with Crippen molar-refractivity contribution in [1.29, 1.82) is 0 Å². The van der Waals surface area contributed by atoms with E-state index in [-0.39, 0.29) is 5.60 Å². The minimum atomic E-state index is 0.135. The topological polar surface area (TPSA) is 21.3 Å². The van der Waals surface area contributed by atoms with E-state index in [1.807, 2.05) is 0 Å². The van der Waals surface area contributed by atoms with Gasteiger partial charge in [-0.2, -0.15) is 0 Å². The summed E-state index contributed by atoms with van der Waals surface area (Å²) in [5.74, 6) is 0.961. The van der Waals surface area contributed by atoms with Gasteiger partial charge in [0.1, 0.15) is 0 Å². The van der Waals surface area contributed by atoms with Crippen LogP contribution in [-0.4, -0.2) is 25.3 Å². The molecule has 2 aliphatic rings. The molecule has 2 rings (SSSR count). The third-order valence-electron chi connectivity index (χ3n) is 5.16. The van der Waals surface area contributed by atoms with Gasteiger partial charge in [0.25, 0.3) is 0 Å². The van der Waals surface area contributed by atoms with Gasteiger partial charge in [-0.1, -0.05) is 44.9 Å². The maximum atomic E-state index is 6.31. The second-order valence-corrected chi connectivity index (χ2v) is 6.29. The summed E-state index contributed by atoms with van der Waals surface area (Å²) in [6.07, 6.45) is 13.7. The lowest BCUT2D eigenvalue weighted by Crippen LogP contribution is -2.52. The number of hydrogen-bond donors (Lipinski definition) is 1. The Bertz CT molecular complexity index is 229. The molecule has 2 aliphatic carbocycles. The number of rotatable bonds is 6. The smallest absolute Gasteiger partial charge is 0.0834 e. The molecule has 0 bridgehead atoms. The molecule has 0 amide bonds. The van der Waals surface area contributed by atoms with Gasteiger partial charge in [0, 0.05) is 12.6 Å². The Morgan fingerprint density at radius 3 is 2.22 bits per heavy atom. The van der Waals surface area contributed by atoms with Crippen molar-refractivity contribution in [1.82, 2.24) is 5.32 Å². The molecule has 2 fully saturated rings. The van der Waals surface area contributed by atoms with Gasteiger partial charge in [-0.15, -0.1) is 0 Å². The van der Waals surface area contributed by atoms with E-state index < -0.39 is 0 Å². The fourth-order valence-corrected chi connectivity index (χ4v) is 3.87. The molecule has 2 nitrogen and oxygen atoms in total. The molecule has 0 spiro atoms. The Kier molecular flexibility index (Phi) is 5.50. The van der Waals surface area contributed by atoms with Gasteiger partial charge in [0.15, 0.2) is 0 Å². The lowest BCUT2D eigenvalue weighted by molar-refractivity contribution is -0.0820. The zero-order valence-electron chi connectivity index (χ0n) is 12.3. The Balaban J connectivity index is 2.03. The van der Waals surface area contributed by atoms with Crippen molar-refractivity contribution in [2.45, 2.75) is 82.8 Å². The maximum absolute atomic E-state index is 6.31. The Hall–Kier alpha value is -0.0800. The Labute approximate surface area is 113 Å². The van der Waals surface area contributed by atoms with Gasteiger partial charge >= 0.3 is 0 Å². The number of ether oxygens (including phenoxy) is 1. The predicted octanol–water partition coefficient (Wildman–Crippen LogP) is 3.89. The zero-order chi connectivity index (χ0) is 12.8. The minimum Gasteiger partial charge on any atom is -0.374 e. The number of nitrogens with one attached hydrogen (secondary N) is 1. The van der Waals surface area contributed by atoms with Gasteiger partial charge in [-0.3, -0.25) is 0 Å². The van der Waals surface area contributed by atoms with Crippen molar-refractivity contribution in [2.24, 2.45) is 5.92 Å². The number of hydrogen-bond acceptors (Lipinski definition) is 2. The van der Waals surface area contributed by atoms with E-state index in [2.05, 4.69) is 19.3 Å². The molecule has 1 unspecified atom stereocenters. The second-order valence-electron chi connectivity index (χ2n) is 6.29. The maximum Gasteiger partial charge on any atom is 0.0834 e. The molecule has 0 heterocycles. The van der Waals surface area contributed by atoms with E-state index in [0.717, 1.165) is 12.5 Å². The molecule has 18 heavy (non-hydrogen) atoms. The SMILES string of the molecule is CCOC1(C(CC2CCC2)NC)CCCCCC1. The number of likely N-dealkylation sites (N-methyl/N-ethyl adjacent to an activating group) is 1. The molecule has 0 radical (unpaired) electrons. The third kappa shape index (κ3) is 3.27. The van der Waals surface area contributed by atoms with Crippen molar-refractivity contribution in [2.75, 3.05) is 13.7 Å². The van der Waals surface area contributed by atoms with E-state index in [1.54, 1.807) is 0 Å². The Morgan fingerprint density at radius 2 is 1.78 bits per heavy atom. The molecule has 0 saturated heterocycles. The summed E-state index contributed by atoms with van der Waals surface area (Å²) in [4.78, 5) is 0. The van der Waals surface area contributed by atoms with Crippen LogP contribution >= 0.6 is 0 Å². The van der Waals surface area contributed by atoms with Crippen LogP contribution in [0.2, 0.25) is 0 Å². The molecule has 0 aliphatic heterocycles.